The molecule has 0 spiro atoms. The van der Waals surface area contributed by atoms with Crippen molar-refractivity contribution in [3.05, 3.63) is 60.1 Å². The number of hydrogen-bond donors (Lipinski definition) is 1. The third-order valence-corrected chi connectivity index (χ3v) is 3.19. The molecule has 116 valence electrons. The van der Waals surface area contributed by atoms with Crippen LogP contribution in [0.4, 0.5) is 0 Å². The number of amides is 1. The number of furan rings is 1. The Morgan fingerprint density at radius 3 is 2.77 bits per heavy atom. The summed E-state index contributed by atoms with van der Waals surface area (Å²) in [6, 6.07) is 7.02. The van der Waals surface area contributed by atoms with Gasteiger partial charge < -0.3 is 19.2 Å². The lowest BCUT2D eigenvalue weighted by Crippen LogP contribution is -2.22. The van der Waals surface area contributed by atoms with Gasteiger partial charge in [0.15, 0.2) is 11.5 Å². The largest absolute Gasteiger partial charge is 0.493 e. The molecule has 0 bridgehead atoms. The van der Waals surface area contributed by atoms with E-state index in [1.807, 2.05) is 0 Å². The number of benzene rings is 1. The number of ether oxygens (including phenoxy) is 2. The van der Waals surface area contributed by atoms with E-state index in [4.69, 9.17) is 13.9 Å². The van der Waals surface area contributed by atoms with Crippen molar-refractivity contribution in [3.63, 3.8) is 0 Å². The lowest BCUT2D eigenvalue weighted by atomic mass is 10.0. The van der Waals surface area contributed by atoms with Crippen molar-refractivity contribution in [2.24, 2.45) is 0 Å². The second kappa shape index (κ2) is 7.36. The number of allylic oxidation sites excluding steroid dienone is 1. The zero-order valence-electron chi connectivity index (χ0n) is 12.7. The van der Waals surface area contributed by atoms with Crippen molar-refractivity contribution < 1.29 is 18.7 Å². The molecule has 0 unspecified atom stereocenters. The minimum Gasteiger partial charge on any atom is -0.493 e. The second-order valence-electron chi connectivity index (χ2n) is 4.63. The van der Waals surface area contributed by atoms with Crippen LogP contribution in [0.15, 0.2) is 47.6 Å². The van der Waals surface area contributed by atoms with Crippen LogP contribution in [0.1, 0.15) is 21.7 Å². The fraction of sp³-hybridized carbons (Fsp3) is 0.235. The first-order valence-electron chi connectivity index (χ1n) is 6.86. The maximum Gasteiger partial charge on any atom is 0.251 e. The molecule has 0 atom stereocenters. The quantitative estimate of drug-likeness (QED) is 0.799. The van der Waals surface area contributed by atoms with Crippen molar-refractivity contribution in [2.45, 2.75) is 13.0 Å². The van der Waals surface area contributed by atoms with Gasteiger partial charge >= 0.3 is 0 Å². The molecular weight excluding hydrogens is 282 g/mol. The fourth-order valence-electron chi connectivity index (χ4n) is 2.16. The van der Waals surface area contributed by atoms with E-state index < -0.39 is 0 Å². The zero-order valence-corrected chi connectivity index (χ0v) is 12.7. The molecule has 0 saturated carbocycles. The highest BCUT2D eigenvalue weighted by atomic mass is 16.5. The zero-order chi connectivity index (χ0) is 15.9. The Morgan fingerprint density at radius 2 is 2.18 bits per heavy atom. The molecule has 0 saturated heterocycles. The van der Waals surface area contributed by atoms with Gasteiger partial charge in [-0.2, -0.15) is 0 Å². The molecule has 22 heavy (non-hydrogen) atoms. The number of hydrogen-bond acceptors (Lipinski definition) is 4. The molecular formula is C17H19NO4. The summed E-state index contributed by atoms with van der Waals surface area (Å²) in [5.41, 5.74) is 1.35. The fourth-order valence-corrected chi connectivity index (χ4v) is 2.16. The lowest BCUT2D eigenvalue weighted by molar-refractivity contribution is 0.0947. The van der Waals surface area contributed by atoms with E-state index in [9.17, 15) is 4.79 Å². The Morgan fingerprint density at radius 1 is 1.36 bits per heavy atom. The highest BCUT2D eigenvalue weighted by Gasteiger charge is 2.15. The van der Waals surface area contributed by atoms with E-state index in [0.717, 1.165) is 5.56 Å². The van der Waals surface area contributed by atoms with Crippen molar-refractivity contribution in [3.8, 4) is 11.5 Å². The van der Waals surface area contributed by atoms with Crippen molar-refractivity contribution in [2.75, 3.05) is 14.2 Å². The minimum absolute atomic E-state index is 0.206. The molecule has 0 aliphatic carbocycles. The third-order valence-electron chi connectivity index (χ3n) is 3.19. The summed E-state index contributed by atoms with van der Waals surface area (Å²) < 4.78 is 15.9. The second-order valence-corrected chi connectivity index (χ2v) is 4.63. The van der Waals surface area contributed by atoms with Crippen LogP contribution in [0.3, 0.4) is 0 Å². The molecule has 0 radical (unpaired) electrons. The molecule has 1 N–H and O–H groups in total. The smallest absolute Gasteiger partial charge is 0.251 e. The molecule has 0 fully saturated rings. The Balaban J connectivity index is 2.23. The molecule has 0 aliphatic heterocycles. The summed E-state index contributed by atoms with van der Waals surface area (Å²) in [6.07, 6.45) is 3.90. The minimum atomic E-state index is -0.206. The van der Waals surface area contributed by atoms with E-state index in [1.165, 1.54) is 0 Å². The molecule has 1 aromatic heterocycles. The molecule has 2 rings (SSSR count). The SMILES string of the molecule is C=CCc1cc(C(=O)NCc2ccco2)cc(OC)c1OC. The van der Waals surface area contributed by atoms with E-state index in [1.54, 1.807) is 50.8 Å². The monoisotopic (exact) mass is 301 g/mol. The van der Waals surface area contributed by atoms with Gasteiger partial charge in [-0.05, 0) is 30.7 Å². The molecule has 2 aromatic rings. The van der Waals surface area contributed by atoms with Crippen LogP contribution in [-0.2, 0) is 13.0 Å². The van der Waals surface area contributed by atoms with Gasteiger partial charge in [0, 0.05) is 11.1 Å². The average Bonchev–Trinajstić information content (AvgIpc) is 3.05. The predicted octanol–water partition coefficient (Wildman–Crippen LogP) is 2.96. The van der Waals surface area contributed by atoms with Crippen LogP contribution >= 0.6 is 0 Å². The highest BCUT2D eigenvalue weighted by Crippen LogP contribution is 2.33. The van der Waals surface area contributed by atoms with Crippen molar-refractivity contribution >= 4 is 5.91 Å². The van der Waals surface area contributed by atoms with Gasteiger partial charge in [-0.1, -0.05) is 6.08 Å². The summed E-state index contributed by atoms with van der Waals surface area (Å²) >= 11 is 0. The van der Waals surface area contributed by atoms with Gasteiger partial charge in [-0.15, -0.1) is 6.58 Å². The van der Waals surface area contributed by atoms with Crippen LogP contribution in [0, 0.1) is 0 Å². The Hall–Kier alpha value is -2.69. The van der Waals surface area contributed by atoms with Gasteiger partial charge in [0.25, 0.3) is 5.91 Å². The maximum absolute atomic E-state index is 12.3. The lowest BCUT2D eigenvalue weighted by Gasteiger charge is -2.14. The normalized spacial score (nSPS) is 10.1. The number of carbonyl (C=O) groups is 1. The first kappa shape index (κ1) is 15.7. The standard InChI is InChI=1S/C17H19NO4/c1-4-6-12-9-13(10-15(20-2)16(12)21-3)17(19)18-11-14-7-5-8-22-14/h4-5,7-10H,1,6,11H2,2-3H3,(H,18,19). The van der Waals surface area contributed by atoms with E-state index in [0.29, 0.717) is 35.8 Å². The molecule has 1 aromatic carbocycles. The Labute approximate surface area is 129 Å². The summed E-state index contributed by atoms with van der Waals surface area (Å²) in [4.78, 5) is 12.3. The van der Waals surface area contributed by atoms with Crippen LogP contribution in [0.5, 0.6) is 11.5 Å². The van der Waals surface area contributed by atoms with Crippen LogP contribution in [0.25, 0.3) is 0 Å². The Bertz CT molecular complexity index is 647. The first-order chi connectivity index (χ1) is 10.7. The van der Waals surface area contributed by atoms with Gasteiger partial charge in [-0.25, -0.2) is 0 Å². The van der Waals surface area contributed by atoms with E-state index in [2.05, 4.69) is 11.9 Å². The summed E-state index contributed by atoms with van der Waals surface area (Å²) in [6.45, 7) is 4.05. The average molecular weight is 301 g/mol. The van der Waals surface area contributed by atoms with Gasteiger partial charge in [0.2, 0.25) is 0 Å². The van der Waals surface area contributed by atoms with E-state index >= 15 is 0 Å². The molecule has 0 aliphatic rings. The molecule has 1 amide bonds. The third kappa shape index (κ3) is 3.49. The summed E-state index contributed by atoms with van der Waals surface area (Å²) in [5, 5.41) is 2.80. The number of methoxy groups -OCH3 is 2. The van der Waals surface area contributed by atoms with Crippen molar-refractivity contribution in [1.82, 2.24) is 5.32 Å². The van der Waals surface area contributed by atoms with Gasteiger partial charge in [0.1, 0.15) is 5.76 Å². The predicted molar refractivity (Wildman–Crippen MR) is 83.3 cm³/mol. The highest BCUT2D eigenvalue weighted by molar-refractivity contribution is 5.95. The van der Waals surface area contributed by atoms with Gasteiger partial charge in [-0.3, -0.25) is 4.79 Å². The van der Waals surface area contributed by atoms with Crippen molar-refractivity contribution in [1.29, 1.82) is 0 Å². The summed E-state index contributed by atoms with van der Waals surface area (Å²) in [5.74, 6) is 1.62. The summed E-state index contributed by atoms with van der Waals surface area (Å²) in [7, 11) is 3.11. The molecule has 5 heteroatoms. The first-order valence-corrected chi connectivity index (χ1v) is 6.86. The van der Waals surface area contributed by atoms with Crippen LogP contribution < -0.4 is 14.8 Å². The van der Waals surface area contributed by atoms with Crippen LogP contribution in [-0.4, -0.2) is 20.1 Å². The maximum atomic E-state index is 12.3. The number of nitrogens with one attached hydrogen (secondary N) is 1. The molecule has 5 nitrogen and oxygen atoms in total. The van der Waals surface area contributed by atoms with Crippen LogP contribution in [0.2, 0.25) is 0 Å². The van der Waals surface area contributed by atoms with Gasteiger partial charge in [0.05, 0.1) is 27.0 Å². The van der Waals surface area contributed by atoms with E-state index in [-0.39, 0.29) is 5.91 Å². The topological polar surface area (TPSA) is 60.7 Å². The number of carbonyl (C=O) groups excluding carboxylic acids is 1. The number of rotatable bonds is 7. The molecule has 1 heterocycles. The Kier molecular flexibility index (Phi) is 5.25.